The molecule has 15 heavy (non-hydrogen) atoms. The quantitative estimate of drug-likeness (QED) is 0.418. The van der Waals surface area contributed by atoms with Crippen LogP contribution in [0.25, 0.3) is 0 Å². The molecule has 2 nitrogen and oxygen atoms in total. The van der Waals surface area contributed by atoms with E-state index in [4.69, 9.17) is 0 Å². The van der Waals surface area contributed by atoms with Gasteiger partial charge in [0.05, 0.1) is 0 Å². The average Bonchev–Trinajstić information content (AvgIpc) is 2.17. The number of aromatic nitrogens is 1. The number of pyridine rings is 1. The summed E-state index contributed by atoms with van der Waals surface area (Å²) in [5, 5.41) is 0. The maximum Gasteiger partial charge on any atom is 0.254 e. The van der Waals surface area contributed by atoms with E-state index < -0.39 is 0 Å². The molecule has 0 unspecified atom stereocenters. The maximum atomic E-state index is 11.5. The highest BCUT2D eigenvalue weighted by atomic mass is 16.1. The van der Waals surface area contributed by atoms with Crippen molar-refractivity contribution in [3.63, 3.8) is 0 Å². The predicted molar refractivity (Wildman–Crippen MR) is 60.5 cm³/mol. The number of carbonyl (C=O) groups is 1. The lowest BCUT2D eigenvalue weighted by molar-refractivity contribution is 0.105. The molecule has 0 spiro atoms. The molecule has 0 saturated heterocycles. The van der Waals surface area contributed by atoms with Gasteiger partial charge in [0, 0.05) is 12.1 Å². The van der Waals surface area contributed by atoms with E-state index in [-0.39, 0.29) is 5.78 Å². The molecule has 1 heterocycles. The zero-order valence-corrected chi connectivity index (χ0v) is 9.37. The number of hydrogen-bond acceptors (Lipinski definition) is 2. The Morgan fingerprint density at radius 1 is 1.47 bits per heavy atom. The highest BCUT2D eigenvalue weighted by molar-refractivity contribution is 6.07. The molecule has 0 amide bonds. The molecular weight excluding hydrogens is 186 g/mol. The first kappa shape index (κ1) is 11.5. The van der Waals surface area contributed by atoms with Crippen molar-refractivity contribution in [2.24, 2.45) is 5.92 Å². The van der Waals surface area contributed by atoms with Gasteiger partial charge in [-0.1, -0.05) is 25.8 Å². The molecule has 0 aliphatic heterocycles. The Hall–Kier alpha value is -1.62. The first-order valence-corrected chi connectivity index (χ1v) is 5.06. The van der Waals surface area contributed by atoms with Crippen LogP contribution in [0.5, 0.6) is 0 Å². The van der Waals surface area contributed by atoms with E-state index in [2.05, 4.69) is 30.7 Å². The van der Waals surface area contributed by atoms with Crippen molar-refractivity contribution in [1.29, 1.82) is 0 Å². The normalized spacial score (nSPS) is 9.60. The van der Waals surface area contributed by atoms with Crippen molar-refractivity contribution < 1.29 is 4.79 Å². The minimum Gasteiger partial charge on any atom is -0.277 e. The van der Waals surface area contributed by atoms with E-state index in [1.807, 2.05) is 19.1 Å². The van der Waals surface area contributed by atoms with Gasteiger partial charge in [-0.25, -0.2) is 4.98 Å². The summed E-state index contributed by atoms with van der Waals surface area (Å²) < 4.78 is 0. The van der Waals surface area contributed by atoms with Crippen LogP contribution in [0.15, 0.2) is 18.2 Å². The summed E-state index contributed by atoms with van der Waals surface area (Å²) in [6, 6.07) is 5.37. The van der Waals surface area contributed by atoms with Gasteiger partial charge in [-0.15, -0.1) is 0 Å². The Morgan fingerprint density at radius 3 is 2.80 bits per heavy atom. The minimum absolute atomic E-state index is 0.195. The summed E-state index contributed by atoms with van der Waals surface area (Å²) in [5.41, 5.74) is 1.28. The molecular formula is C13H15NO. The van der Waals surface area contributed by atoms with Gasteiger partial charge in [0.25, 0.3) is 5.78 Å². The third kappa shape index (κ3) is 3.95. The topological polar surface area (TPSA) is 30.0 Å². The number of rotatable bonds is 2. The molecule has 0 aliphatic carbocycles. The van der Waals surface area contributed by atoms with Crippen molar-refractivity contribution >= 4 is 5.78 Å². The summed E-state index contributed by atoms with van der Waals surface area (Å²) in [7, 11) is 0. The van der Waals surface area contributed by atoms with Crippen LogP contribution in [0.1, 0.15) is 36.5 Å². The Labute approximate surface area is 90.7 Å². The second-order valence-corrected chi connectivity index (χ2v) is 3.89. The summed E-state index contributed by atoms with van der Waals surface area (Å²) in [6.07, 6.45) is 0.748. The number of Topliss-reactive ketones (excluding diaryl/α,β-unsaturated/α-hetero) is 1. The van der Waals surface area contributed by atoms with Gasteiger partial charge in [-0.2, -0.15) is 0 Å². The lowest BCUT2D eigenvalue weighted by Gasteiger charge is -1.95. The Morgan fingerprint density at radius 2 is 2.20 bits per heavy atom. The van der Waals surface area contributed by atoms with E-state index in [1.165, 1.54) is 0 Å². The first-order chi connectivity index (χ1) is 7.09. The highest BCUT2D eigenvalue weighted by Gasteiger charge is 2.02. The standard InChI is InChI=1S/C13H15NO/c1-10(2)6-4-9-13(15)12-8-5-7-11(3)14-12/h5,7-8,10H,6H2,1-3H3. The number of nitrogens with zero attached hydrogens (tertiary/aromatic N) is 1. The van der Waals surface area contributed by atoms with Crippen LogP contribution in [0.3, 0.4) is 0 Å². The molecule has 0 fully saturated rings. The van der Waals surface area contributed by atoms with Gasteiger partial charge in [-0.3, -0.25) is 4.79 Å². The van der Waals surface area contributed by atoms with Gasteiger partial charge in [0.2, 0.25) is 0 Å². The Balaban J connectivity index is 2.72. The molecule has 0 bridgehead atoms. The summed E-state index contributed by atoms with van der Waals surface area (Å²) in [5.74, 6) is 5.77. The zero-order chi connectivity index (χ0) is 11.3. The fourth-order valence-corrected chi connectivity index (χ4v) is 1.07. The molecule has 1 aromatic heterocycles. The summed E-state index contributed by atoms with van der Waals surface area (Å²) in [4.78, 5) is 15.7. The maximum absolute atomic E-state index is 11.5. The van der Waals surface area contributed by atoms with E-state index in [9.17, 15) is 4.79 Å². The highest BCUT2D eigenvalue weighted by Crippen LogP contribution is 2.00. The smallest absolute Gasteiger partial charge is 0.254 e. The molecule has 0 radical (unpaired) electrons. The van der Waals surface area contributed by atoms with Gasteiger partial charge in [-0.05, 0) is 30.9 Å². The molecule has 78 valence electrons. The molecule has 1 aromatic rings. The second kappa shape index (κ2) is 5.31. The van der Waals surface area contributed by atoms with Gasteiger partial charge in [0.1, 0.15) is 5.69 Å². The number of ketones is 1. The van der Waals surface area contributed by atoms with E-state index in [0.717, 1.165) is 12.1 Å². The second-order valence-electron chi connectivity index (χ2n) is 3.89. The molecule has 0 saturated carbocycles. The van der Waals surface area contributed by atoms with Crippen LogP contribution >= 0.6 is 0 Å². The molecule has 1 rings (SSSR count). The largest absolute Gasteiger partial charge is 0.277 e. The first-order valence-electron chi connectivity index (χ1n) is 5.06. The van der Waals surface area contributed by atoms with Crippen LogP contribution < -0.4 is 0 Å². The SMILES string of the molecule is Cc1cccc(C(=O)C#CCC(C)C)n1. The number of aryl methyl sites for hydroxylation is 1. The van der Waals surface area contributed by atoms with E-state index in [0.29, 0.717) is 11.6 Å². The third-order valence-electron chi connectivity index (χ3n) is 1.83. The van der Waals surface area contributed by atoms with Crippen LogP contribution in [-0.2, 0) is 0 Å². The lowest BCUT2D eigenvalue weighted by atomic mass is 10.1. The lowest BCUT2D eigenvalue weighted by Crippen LogP contribution is -1.99. The molecule has 0 aromatic carbocycles. The van der Waals surface area contributed by atoms with Gasteiger partial charge < -0.3 is 0 Å². The fraction of sp³-hybridized carbons (Fsp3) is 0.385. The minimum atomic E-state index is -0.195. The average molecular weight is 201 g/mol. The van der Waals surface area contributed by atoms with E-state index >= 15 is 0 Å². The molecule has 0 N–H and O–H groups in total. The number of hydrogen-bond donors (Lipinski definition) is 0. The van der Waals surface area contributed by atoms with Crippen molar-refractivity contribution in [3.8, 4) is 11.8 Å². The fourth-order valence-electron chi connectivity index (χ4n) is 1.07. The van der Waals surface area contributed by atoms with Crippen molar-refractivity contribution in [1.82, 2.24) is 4.98 Å². The van der Waals surface area contributed by atoms with Gasteiger partial charge >= 0.3 is 0 Å². The zero-order valence-electron chi connectivity index (χ0n) is 9.37. The van der Waals surface area contributed by atoms with Crippen molar-refractivity contribution in [2.75, 3.05) is 0 Å². The molecule has 0 aliphatic rings. The van der Waals surface area contributed by atoms with Gasteiger partial charge in [0.15, 0.2) is 0 Å². The number of carbonyl (C=O) groups excluding carboxylic acids is 1. The van der Waals surface area contributed by atoms with Crippen molar-refractivity contribution in [2.45, 2.75) is 27.2 Å². The Kier molecular flexibility index (Phi) is 4.05. The predicted octanol–water partition coefficient (Wildman–Crippen LogP) is 2.62. The Bertz CT molecular complexity index is 410. The van der Waals surface area contributed by atoms with Crippen LogP contribution in [0.4, 0.5) is 0 Å². The van der Waals surface area contributed by atoms with Crippen LogP contribution in [-0.4, -0.2) is 10.8 Å². The van der Waals surface area contributed by atoms with Crippen LogP contribution in [0.2, 0.25) is 0 Å². The van der Waals surface area contributed by atoms with E-state index in [1.54, 1.807) is 6.07 Å². The van der Waals surface area contributed by atoms with Crippen molar-refractivity contribution in [3.05, 3.63) is 29.6 Å². The van der Waals surface area contributed by atoms with Crippen LogP contribution in [0, 0.1) is 24.7 Å². The summed E-state index contributed by atoms with van der Waals surface area (Å²) in [6.45, 7) is 6.01. The third-order valence-corrected chi connectivity index (χ3v) is 1.83. The monoisotopic (exact) mass is 201 g/mol. The molecule has 0 atom stereocenters. The summed E-state index contributed by atoms with van der Waals surface area (Å²) >= 11 is 0. The molecule has 2 heteroatoms.